The molecule has 0 spiro atoms. The molecule has 0 radical (unpaired) electrons. The number of phenolic OH excluding ortho intramolecular Hbond substituents is 1. The Balaban J connectivity index is 2.11. The standard InChI is InChI=1S/C17H18N2O4/c1-2-3-10-23-16-8-9-17(20)13(11-16)12-18-14-4-6-15(7-5-14)19(21)22/h4-9,11-12,20H,2-3,10H2,1H3. The van der Waals surface area contributed by atoms with Crippen LogP contribution in [0, 0.1) is 10.1 Å². The monoisotopic (exact) mass is 314 g/mol. The van der Waals surface area contributed by atoms with Gasteiger partial charge in [0, 0.05) is 23.9 Å². The first-order valence-electron chi connectivity index (χ1n) is 7.34. The lowest BCUT2D eigenvalue weighted by molar-refractivity contribution is -0.384. The first-order valence-corrected chi connectivity index (χ1v) is 7.34. The summed E-state index contributed by atoms with van der Waals surface area (Å²) in [5.74, 6) is 0.764. The molecular formula is C17H18N2O4. The minimum atomic E-state index is -0.462. The second-order valence-corrected chi connectivity index (χ2v) is 4.95. The van der Waals surface area contributed by atoms with Crippen LogP contribution in [0.25, 0.3) is 0 Å². The summed E-state index contributed by atoms with van der Waals surface area (Å²) in [5.41, 5.74) is 1.10. The number of non-ortho nitro benzene ring substituents is 1. The number of nitrogens with zero attached hydrogens (tertiary/aromatic N) is 2. The summed E-state index contributed by atoms with van der Waals surface area (Å²) in [6, 6.07) is 10.8. The van der Waals surface area contributed by atoms with E-state index in [0.29, 0.717) is 23.6 Å². The van der Waals surface area contributed by atoms with Crippen LogP contribution < -0.4 is 4.74 Å². The Morgan fingerprint density at radius 2 is 2.00 bits per heavy atom. The second kappa shape index (κ2) is 7.93. The molecule has 0 bridgehead atoms. The van der Waals surface area contributed by atoms with Gasteiger partial charge in [0.25, 0.3) is 5.69 Å². The van der Waals surface area contributed by atoms with Crippen molar-refractivity contribution in [2.45, 2.75) is 19.8 Å². The van der Waals surface area contributed by atoms with Crippen LogP contribution in [-0.4, -0.2) is 22.9 Å². The molecule has 0 unspecified atom stereocenters. The quantitative estimate of drug-likeness (QED) is 0.359. The highest BCUT2D eigenvalue weighted by atomic mass is 16.6. The maximum Gasteiger partial charge on any atom is 0.269 e. The van der Waals surface area contributed by atoms with E-state index in [0.717, 1.165) is 12.8 Å². The summed E-state index contributed by atoms with van der Waals surface area (Å²) in [7, 11) is 0. The van der Waals surface area contributed by atoms with Gasteiger partial charge in [-0.15, -0.1) is 0 Å². The molecule has 23 heavy (non-hydrogen) atoms. The van der Waals surface area contributed by atoms with Gasteiger partial charge in [-0.3, -0.25) is 15.1 Å². The first-order chi connectivity index (χ1) is 11.1. The second-order valence-electron chi connectivity index (χ2n) is 4.95. The van der Waals surface area contributed by atoms with E-state index in [1.807, 2.05) is 0 Å². The molecule has 0 aromatic heterocycles. The zero-order chi connectivity index (χ0) is 16.7. The molecule has 1 N–H and O–H groups in total. The highest BCUT2D eigenvalue weighted by Crippen LogP contribution is 2.23. The lowest BCUT2D eigenvalue weighted by Gasteiger charge is -2.07. The van der Waals surface area contributed by atoms with Crippen LogP contribution in [0.15, 0.2) is 47.5 Å². The number of rotatable bonds is 7. The molecule has 120 valence electrons. The van der Waals surface area contributed by atoms with Gasteiger partial charge in [0.05, 0.1) is 17.2 Å². The van der Waals surface area contributed by atoms with Crippen LogP contribution in [-0.2, 0) is 0 Å². The summed E-state index contributed by atoms with van der Waals surface area (Å²) in [4.78, 5) is 14.4. The van der Waals surface area contributed by atoms with Crippen molar-refractivity contribution in [1.29, 1.82) is 0 Å². The topological polar surface area (TPSA) is 85.0 Å². The van der Waals surface area contributed by atoms with E-state index < -0.39 is 4.92 Å². The van der Waals surface area contributed by atoms with Crippen LogP contribution in [0.4, 0.5) is 11.4 Å². The Labute approximate surface area is 134 Å². The van der Waals surface area contributed by atoms with Gasteiger partial charge in [0.2, 0.25) is 0 Å². The highest BCUT2D eigenvalue weighted by Gasteiger charge is 2.04. The van der Waals surface area contributed by atoms with Crippen molar-refractivity contribution in [3.63, 3.8) is 0 Å². The fraction of sp³-hybridized carbons (Fsp3) is 0.235. The third-order valence-electron chi connectivity index (χ3n) is 3.18. The fourth-order valence-electron chi connectivity index (χ4n) is 1.86. The van der Waals surface area contributed by atoms with Gasteiger partial charge in [-0.05, 0) is 36.8 Å². The number of aromatic hydroxyl groups is 1. The van der Waals surface area contributed by atoms with Crippen molar-refractivity contribution >= 4 is 17.6 Å². The van der Waals surface area contributed by atoms with Gasteiger partial charge < -0.3 is 9.84 Å². The summed E-state index contributed by atoms with van der Waals surface area (Å²) < 4.78 is 5.59. The maximum atomic E-state index is 10.6. The predicted octanol–water partition coefficient (Wildman–Crippen LogP) is 4.23. The number of phenols is 1. The van der Waals surface area contributed by atoms with E-state index in [1.165, 1.54) is 18.3 Å². The summed E-state index contributed by atoms with van der Waals surface area (Å²) in [6.45, 7) is 2.71. The molecule has 0 heterocycles. The number of hydrogen-bond donors (Lipinski definition) is 1. The van der Waals surface area contributed by atoms with Crippen molar-refractivity contribution in [2.75, 3.05) is 6.61 Å². The number of ether oxygens (including phenoxy) is 1. The molecule has 2 aromatic rings. The minimum absolute atomic E-state index is 0.0121. The Bertz CT molecular complexity index is 696. The van der Waals surface area contributed by atoms with E-state index in [2.05, 4.69) is 11.9 Å². The van der Waals surface area contributed by atoms with Crippen LogP contribution in [0.1, 0.15) is 25.3 Å². The SMILES string of the molecule is CCCCOc1ccc(O)c(C=Nc2ccc([N+](=O)[O-])cc2)c1. The fourth-order valence-corrected chi connectivity index (χ4v) is 1.86. The molecule has 0 aliphatic rings. The van der Waals surface area contributed by atoms with Crippen molar-refractivity contribution in [3.8, 4) is 11.5 Å². The molecule has 0 saturated heterocycles. The van der Waals surface area contributed by atoms with Gasteiger partial charge in [0.1, 0.15) is 11.5 Å². The lowest BCUT2D eigenvalue weighted by atomic mass is 10.2. The summed E-state index contributed by atoms with van der Waals surface area (Å²) in [5, 5.41) is 20.5. The van der Waals surface area contributed by atoms with Crippen LogP contribution >= 0.6 is 0 Å². The number of unbranched alkanes of at least 4 members (excludes halogenated alkanes) is 1. The number of aliphatic imine (C=N–C) groups is 1. The summed E-state index contributed by atoms with van der Waals surface area (Å²) in [6.07, 6.45) is 3.52. The van der Waals surface area contributed by atoms with E-state index >= 15 is 0 Å². The van der Waals surface area contributed by atoms with Gasteiger partial charge in [0.15, 0.2) is 0 Å². The molecule has 0 aliphatic heterocycles. The van der Waals surface area contributed by atoms with Crippen molar-refractivity contribution < 1.29 is 14.8 Å². The molecule has 6 heteroatoms. The van der Waals surface area contributed by atoms with Gasteiger partial charge in [-0.25, -0.2) is 0 Å². The molecule has 6 nitrogen and oxygen atoms in total. The molecule has 2 aromatic carbocycles. The third kappa shape index (κ3) is 4.81. The Morgan fingerprint density at radius 3 is 2.65 bits per heavy atom. The van der Waals surface area contributed by atoms with Crippen molar-refractivity contribution in [3.05, 3.63) is 58.1 Å². The minimum Gasteiger partial charge on any atom is -0.507 e. The molecule has 0 atom stereocenters. The average Bonchev–Trinajstić information content (AvgIpc) is 2.55. The van der Waals surface area contributed by atoms with E-state index in [1.54, 1.807) is 30.3 Å². The lowest BCUT2D eigenvalue weighted by Crippen LogP contribution is -1.97. The number of benzene rings is 2. The highest BCUT2D eigenvalue weighted by molar-refractivity contribution is 5.86. The average molecular weight is 314 g/mol. The maximum absolute atomic E-state index is 10.6. The third-order valence-corrected chi connectivity index (χ3v) is 3.18. The Kier molecular flexibility index (Phi) is 5.68. The van der Waals surface area contributed by atoms with E-state index in [9.17, 15) is 15.2 Å². The predicted molar refractivity (Wildman–Crippen MR) is 88.9 cm³/mol. The molecule has 0 saturated carbocycles. The normalized spacial score (nSPS) is 10.8. The Hall–Kier alpha value is -2.89. The Morgan fingerprint density at radius 1 is 1.26 bits per heavy atom. The van der Waals surface area contributed by atoms with Crippen molar-refractivity contribution in [1.82, 2.24) is 0 Å². The first kappa shape index (κ1) is 16.5. The molecule has 0 aliphatic carbocycles. The van der Waals surface area contributed by atoms with Gasteiger partial charge >= 0.3 is 0 Å². The molecule has 0 fully saturated rings. The zero-order valence-electron chi connectivity index (χ0n) is 12.8. The van der Waals surface area contributed by atoms with Crippen LogP contribution in [0.5, 0.6) is 11.5 Å². The number of nitro groups is 1. The largest absolute Gasteiger partial charge is 0.507 e. The van der Waals surface area contributed by atoms with Crippen molar-refractivity contribution in [2.24, 2.45) is 4.99 Å². The molecule has 2 rings (SSSR count). The summed E-state index contributed by atoms with van der Waals surface area (Å²) >= 11 is 0. The van der Waals surface area contributed by atoms with Gasteiger partial charge in [-0.1, -0.05) is 13.3 Å². The van der Waals surface area contributed by atoms with E-state index in [-0.39, 0.29) is 11.4 Å². The van der Waals surface area contributed by atoms with E-state index in [4.69, 9.17) is 4.74 Å². The van der Waals surface area contributed by atoms with Crippen LogP contribution in [0.3, 0.4) is 0 Å². The molecule has 0 amide bonds. The number of hydrogen-bond acceptors (Lipinski definition) is 5. The zero-order valence-corrected chi connectivity index (χ0v) is 12.8. The van der Waals surface area contributed by atoms with Crippen LogP contribution in [0.2, 0.25) is 0 Å². The van der Waals surface area contributed by atoms with Gasteiger partial charge in [-0.2, -0.15) is 0 Å². The smallest absolute Gasteiger partial charge is 0.269 e. The molecular weight excluding hydrogens is 296 g/mol. The number of nitro benzene ring substituents is 1.